The van der Waals surface area contributed by atoms with Crippen LogP contribution in [0.25, 0.3) is 0 Å². The van der Waals surface area contributed by atoms with Crippen LogP contribution in [0.15, 0.2) is 30.4 Å². The van der Waals surface area contributed by atoms with Crippen LogP contribution < -0.4 is 14.8 Å². The normalized spacial score (nSPS) is 18.9. The summed E-state index contributed by atoms with van der Waals surface area (Å²) in [7, 11) is 3.26. The minimum atomic E-state index is -0.117. The number of ether oxygens (including phenoxy) is 2. The maximum absolute atomic E-state index is 12.3. The van der Waals surface area contributed by atoms with E-state index in [9.17, 15) is 4.79 Å². The number of hydrogen-bond donors (Lipinski definition) is 1. The Bertz CT molecular complexity index is 525. The molecule has 0 bridgehead atoms. The van der Waals surface area contributed by atoms with Crippen LogP contribution in [0.3, 0.4) is 0 Å². The number of allylic oxidation sites excluding steroid dienone is 2. The van der Waals surface area contributed by atoms with E-state index >= 15 is 0 Å². The van der Waals surface area contributed by atoms with Gasteiger partial charge in [0.2, 0.25) is 5.91 Å². The third-order valence-corrected chi connectivity index (χ3v) is 3.90. The molecule has 2 rings (SSSR count). The van der Waals surface area contributed by atoms with E-state index in [1.54, 1.807) is 14.2 Å². The maximum atomic E-state index is 12.3. The maximum Gasteiger partial charge on any atom is 0.223 e. The van der Waals surface area contributed by atoms with E-state index in [0.29, 0.717) is 0 Å². The van der Waals surface area contributed by atoms with Gasteiger partial charge in [-0.1, -0.05) is 12.2 Å². The number of carbonyl (C=O) groups is 1. The molecule has 0 aliphatic heterocycles. The van der Waals surface area contributed by atoms with Crippen molar-refractivity contribution in [2.24, 2.45) is 5.92 Å². The Morgan fingerprint density at radius 1 is 1.29 bits per heavy atom. The summed E-state index contributed by atoms with van der Waals surface area (Å²) in [5.41, 5.74) is 0.927. The quantitative estimate of drug-likeness (QED) is 0.847. The fraction of sp³-hybridized carbons (Fsp3) is 0.471. The molecular formula is C17H23NO3. The van der Waals surface area contributed by atoms with Gasteiger partial charge < -0.3 is 14.8 Å². The molecule has 4 nitrogen and oxygen atoms in total. The second-order valence-corrected chi connectivity index (χ2v) is 5.32. The Kier molecular flexibility index (Phi) is 5.26. The van der Waals surface area contributed by atoms with E-state index in [1.807, 2.05) is 25.1 Å². The number of rotatable bonds is 5. The van der Waals surface area contributed by atoms with Crippen molar-refractivity contribution in [3.8, 4) is 11.5 Å². The zero-order valence-electron chi connectivity index (χ0n) is 12.9. The zero-order valence-corrected chi connectivity index (χ0v) is 12.9. The van der Waals surface area contributed by atoms with Crippen LogP contribution >= 0.6 is 0 Å². The minimum Gasteiger partial charge on any atom is -0.497 e. The molecule has 0 heterocycles. The molecule has 114 valence electrons. The smallest absolute Gasteiger partial charge is 0.223 e. The summed E-state index contributed by atoms with van der Waals surface area (Å²) in [6.07, 6.45) is 6.95. The van der Waals surface area contributed by atoms with Gasteiger partial charge in [-0.2, -0.15) is 0 Å². The lowest BCUT2D eigenvalue weighted by atomic mass is 9.93. The van der Waals surface area contributed by atoms with Crippen molar-refractivity contribution < 1.29 is 14.3 Å². The largest absolute Gasteiger partial charge is 0.497 e. The molecule has 0 saturated heterocycles. The van der Waals surface area contributed by atoms with Gasteiger partial charge in [-0.05, 0) is 44.4 Å². The molecule has 1 aliphatic carbocycles. The van der Waals surface area contributed by atoms with Crippen LogP contribution in [0.2, 0.25) is 0 Å². The molecule has 1 N–H and O–H groups in total. The summed E-state index contributed by atoms with van der Waals surface area (Å²) in [5.74, 6) is 1.70. The standard InChI is InChI=1S/C17H23NO3/c1-12(18-17(19)13-7-5-4-6-8-13)15-11-14(20-2)9-10-16(15)21-3/h4-5,9-13H,6-8H2,1-3H3,(H,18,19)/t12-,13+/m1/s1. The van der Waals surface area contributed by atoms with Gasteiger partial charge in [0.1, 0.15) is 11.5 Å². The van der Waals surface area contributed by atoms with Crippen molar-refractivity contribution in [2.45, 2.75) is 32.2 Å². The van der Waals surface area contributed by atoms with E-state index < -0.39 is 0 Å². The first kappa shape index (κ1) is 15.4. The predicted octanol–water partition coefficient (Wildman–Crippen LogP) is 3.24. The van der Waals surface area contributed by atoms with Gasteiger partial charge in [0.05, 0.1) is 20.3 Å². The Hall–Kier alpha value is -1.97. The topological polar surface area (TPSA) is 47.6 Å². The molecule has 21 heavy (non-hydrogen) atoms. The van der Waals surface area contributed by atoms with Gasteiger partial charge in [0.15, 0.2) is 0 Å². The Morgan fingerprint density at radius 3 is 2.71 bits per heavy atom. The van der Waals surface area contributed by atoms with Gasteiger partial charge in [-0.3, -0.25) is 4.79 Å². The molecule has 1 aromatic rings. The third-order valence-electron chi connectivity index (χ3n) is 3.90. The van der Waals surface area contributed by atoms with Crippen LogP contribution in [0.5, 0.6) is 11.5 Å². The van der Waals surface area contributed by atoms with Crippen molar-refractivity contribution in [3.05, 3.63) is 35.9 Å². The fourth-order valence-corrected chi connectivity index (χ4v) is 2.62. The third kappa shape index (κ3) is 3.78. The molecule has 1 aromatic carbocycles. The highest BCUT2D eigenvalue weighted by atomic mass is 16.5. The SMILES string of the molecule is COc1ccc(OC)c([C@@H](C)NC(=O)[C@H]2CC=CCC2)c1. The second kappa shape index (κ2) is 7.16. The summed E-state index contributed by atoms with van der Waals surface area (Å²) in [6, 6.07) is 5.50. The van der Waals surface area contributed by atoms with E-state index in [1.165, 1.54) is 0 Å². The lowest BCUT2D eigenvalue weighted by molar-refractivity contribution is -0.125. The van der Waals surface area contributed by atoms with Gasteiger partial charge >= 0.3 is 0 Å². The number of benzene rings is 1. The lowest BCUT2D eigenvalue weighted by Gasteiger charge is -2.22. The number of nitrogens with one attached hydrogen (secondary N) is 1. The Morgan fingerprint density at radius 2 is 2.10 bits per heavy atom. The number of amides is 1. The van der Waals surface area contributed by atoms with Crippen molar-refractivity contribution in [1.29, 1.82) is 0 Å². The second-order valence-electron chi connectivity index (χ2n) is 5.32. The summed E-state index contributed by atoms with van der Waals surface area (Å²) in [5, 5.41) is 3.08. The van der Waals surface area contributed by atoms with Gasteiger partial charge in [-0.15, -0.1) is 0 Å². The molecule has 0 radical (unpaired) electrons. The summed E-state index contributed by atoms with van der Waals surface area (Å²) in [4.78, 5) is 12.3. The van der Waals surface area contributed by atoms with Crippen LogP contribution in [0, 0.1) is 5.92 Å². The molecule has 1 amide bonds. The van der Waals surface area contributed by atoms with E-state index in [0.717, 1.165) is 36.3 Å². The summed E-state index contributed by atoms with van der Waals surface area (Å²) >= 11 is 0. The highest BCUT2D eigenvalue weighted by molar-refractivity contribution is 5.79. The monoisotopic (exact) mass is 289 g/mol. The molecule has 0 aromatic heterocycles. The van der Waals surface area contributed by atoms with Crippen LogP contribution in [-0.4, -0.2) is 20.1 Å². The molecule has 2 atom stereocenters. The van der Waals surface area contributed by atoms with Crippen molar-refractivity contribution in [2.75, 3.05) is 14.2 Å². The first-order chi connectivity index (χ1) is 10.2. The predicted molar refractivity (Wildman–Crippen MR) is 82.6 cm³/mol. The van der Waals surface area contributed by atoms with E-state index in [4.69, 9.17) is 9.47 Å². The fourth-order valence-electron chi connectivity index (χ4n) is 2.62. The molecule has 0 unspecified atom stereocenters. The van der Waals surface area contributed by atoms with Gasteiger partial charge in [0.25, 0.3) is 0 Å². The van der Waals surface area contributed by atoms with Crippen LogP contribution in [0.1, 0.15) is 37.8 Å². The molecule has 0 spiro atoms. The molecular weight excluding hydrogens is 266 g/mol. The average Bonchev–Trinajstić information content (AvgIpc) is 2.54. The first-order valence-electron chi connectivity index (χ1n) is 7.33. The first-order valence-corrected chi connectivity index (χ1v) is 7.33. The van der Waals surface area contributed by atoms with E-state index in [-0.39, 0.29) is 17.9 Å². The van der Waals surface area contributed by atoms with Crippen LogP contribution in [0.4, 0.5) is 0 Å². The molecule has 0 fully saturated rings. The highest BCUT2D eigenvalue weighted by Crippen LogP contribution is 2.30. The van der Waals surface area contributed by atoms with Crippen molar-refractivity contribution >= 4 is 5.91 Å². The number of hydrogen-bond acceptors (Lipinski definition) is 3. The van der Waals surface area contributed by atoms with Crippen molar-refractivity contribution in [1.82, 2.24) is 5.32 Å². The summed E-state index contributed by atoms with van der Waals surface area (Å²) in [6.45, 7) is 1.97. The Labute approximate surface area is 126 Å². The Balaban J connectivity index is 2.10. The molecule has 4 heteroatoms. The van der Waals surface area contributed by atoms with E-state index in [2.05, 4.69) is 17.5 Å². The van der Waals surface area contributed by atoms with Crippen molar-refractivity contribution in [3.63, 3.8) is 0 Å². The van der Waals surface area contributed by atoms with Gasteiger partial charge in [-0.25, -0.2) is 0 Å². The summed E-state index contributed by atoms with van der Waals surface area (Å²) < 4.78 is 10.6. The molecule has 1 aliphatic rings. The highest BCUT2D eigenvalue weighted by Gasteiger charge is 2.22. The zero-order chi connectivity index (χ0) is 15.2. The lowest BCUT2D eigenvalue weighted by Crippen LogP contribution is -2.33. The van der Waals surface area contributed by atoms with Gasteiger partial charge in [0, 0.05) is 11.5 Å². The number of carbonyl (C=O) groups excluding carboxylic acids is 1. The molecule has 0 saturated carbocycles. The minimum absolute atomic E-state index is 0.0778. The number of methoxy groups -OCH3 is 2. The van der Waals surface area contributed by atoms with Crippen LogP contribution in [-0.2, 0) is 4.79 Å². The average molecular weight is 289 g/mol.